The van der Waals surface area contributed by atoms with Gasteiger partial charge in [0.25, 0.3) is 0 Å². The van der Waals surface area contributed by atoms with Crippen LogP contribution in [0, 0.1) is 6.92 Å². The van der Waals surface area contributed by atoms with E-state index in [0.717, 1.165) is 47.2 Å². The highest BCUT2D eigenvalue weighted by Crippen LogP contribution is 2.76. The first-order chi connectivity index (χ1) is 13.3. The van der Waals surface area contributed by atoms with Crippen LogP contribution in [0.4, 0.5) is 0 Å². The summed E-state index contributed by atoms with van der Waals surface area (Å²) in [5.74, 6) is 1.87. The summed E-state index contributed by atoms with van der Waals surface area (Å²) < 4.78 is 17.3. The topological polar surface area (TPSA) is 20.3 Å². The zero-order chi connectivity index (χ0) is 21.2. The Labute approximate surface area is 190 Å². The molecule has 0 saturated carbocycles. The molecule has 0 aliphatic carbocycles. The van der Waals surface area contributed by atoms with Crippen molar-refractivity contribution < 1.29 is 7.63 Å². The summed E-state index contributed by atoms with van der Waals surface area (Å²) in [6, 6.07) is 8.57. The Morgan fingerprint density at radius 3 is 2.21 bits per heavy atom. The molecule has 1 rings (SSSR count). The minimum Gasteiger partial charge on any atom is -0.263 e. The molecule has 1 aromatic carbocycles. The average molecular weight is 480 g/mol. The van der Waals surface area contributed by atoms with Gasteiger partial charge in [0.2, 0.25) is 0 Å². The van der Waals surface area contributed by atoms with Crippen LogP contribution in [0.5, 0.6) is 0 Å². The first-order valence-electron chi connectivity index (χ1n) is 10.1. The number of unbranched alkanes of at least 4 members (excludes halogenated alkanes) is 1. The molecule has 0 aliphatic heterocycles. The fourth-order valence-electron chi connectivity index (χ4n) is 2.71. The van der Waals surface area contributed by atoms with Crippen LogP contribution in [0.25, 0.3) is 0 Å². The van der Waals surface area contributed by atoms with Gasteiger partial charge >= 0.3 is 6.65 Å². The molecule has 0 radical (unpaired) electrons. The van der Waals surface area contributed by atoms with Crippen molar-refractivity contribution in [1.29, 1.82) is 0 Å². The lowest BCUT2D eigenvalue weighted by atomic mass is 10.2. The summed E-state index contributed by atoms with van der Waals surface area (Å²) in [5, 5.41) is 0. The molecule has 2 atom stereocenters. The zero-order valence-electron chi connectivity index (χ0n) is 18.1. The fraction of sp³-hybridized carbons (Fsp3) is 0.650. The van der Waals surface area contributed by atoms with E-state index in [4.69, 9.17) is 12.2 Å². The number of quaternary nitrogens is 1. The maximum atomic E-state index is 14.8. The van der Waals surface area contributed by atoms with Crippen LogP contribution in [0.3, 0.4) is 0 Å². The lowest BCUT2D eigenvalue weighted by molar-refractivity contribution is -0.498. The summed E-state index contributed by atoms with van der Waals surface area (Å²) in [6.45, 7) is 11.2. The van der Waals surface area contributed by atoms with E-state index in [0.29, 0.717) is 9.61 Å². The highest BCUT2D eigenvalue weighted by molar-refractivity contribution is 8.57. The van der Waals surface area contributed by atoms with Gasteiger partial charge in [-0.25, -0.2) is 4.57 Å². The monoisotopic (exact) mass is 479 g/mol. The van der Waals surface area contributed by atoms with Gasteiger partial charge in [0, 0.05) is 18.1 Å². The Bertz CT molecular complexity index is 656. The predicted octanol–water partition coefficient (Wildman–Crippen LogP) is 8.21. The molecule has 0 N–H and O–H groups in total. The molecule has 0 heterocycles. The fourth-order valence-corrected chi connectivity index (χ4v) is 14.5. The third kappa shape index (κ3) is 6.68. The Morgan fingerprint density at radius 1 is 1.11 bits per heavy atom. The second-order valence-electron chi connectivity index (χ2n) is 6.60. The maximum absolute atomic E-state index is 14.8. The van der Waals surface area contributed by atoms with Crippen molar-refractivity contribution in [2.45, 2.75) is 65.7 Å². The van der Waals surface area contributed by atoms with E-state index in [2.05, 4.69) is 58.9 Å². The number of hydrogen-bond donors (Lipinski definition) is 0. The van der Waals surface area contributed by atoms with E-state index in [-0.39, 0.29) is 0 Å². The van der Waals surface area contributed by atoms with E-state index >= 15 is 0 Å². The first-order valence-corrected chi connectivity index (χ1v) is 15.4. The molecule has 2 unspecified atom stereocenters. The molecule has 28 heavy (non-hydrogen) atoms. The van der Waals surface area contributed by atoms with Gasteiger partial charge in [0.15, 0.2) is 0 Å². The Hall–Kier alpha value is 0.350. The third-order valence-corrected chi connectivity index (χ3v) is 16.0. The lowest BCUT2D eigenvalue weighted by Crippen LogP contribution is -2.39. The van der Waals surface area contributed by atoms with Crippen LogP contribution in [-0.4, -0.2) is 37.3 Å². The molecule has 1 aromatic rings. The van der Waals surface area contributed by atoms with Crippen LogP contribution in [0.15, 0.2) is 29.2 Å². The van der Waals surface area contributed by atoms with E-state index in [9.17, 15) is 4.57 Å². The van der Waals surface area contributed by atoms with Crippen molar-refractivity contribution in [3.63, 3.8) is 0 Å². The van der Waals surface area contributed by atoms with Gasteiger partial charge in [-0.05, 0) is 64.1 Å². The van der Waals surface area contributed by atoms with Crippen LogP contribution in [0.1, 0.15) is 59.4 Å². The highest BCUT2D eigenvalue weighted by Gasteiger charge is 2.55. The third-order valence-electron chi connectivity index (χ3n) is 4.28. The molecule has 0 saturated heterocycles. The SMILES string of the molecule is CCCCSP(=O)(N(CC)C(C)=S)[N+](CC)(SCCC)Sc1ccc(C)cc1. The van der Waals surface area contributed by atoms with Gasteiger partial charge in [-0.3, -0.25) is 4.67 Å². The lowest BCUT2D eigenvalue weighted by Gasteiger charge is -2.42. The molecular weight excluding hydrogens is 443 g/mol. The number of thiocarbonyl (C=S) groups is 1. The van der Waals surface area contributed by atoms with Crippen molar-refractivity contribution in [2.75, 3.05) is 24.6 Å². The molecule has 0 amide bonds. The highest BCUT2D eigenvalue weighted by atomic mass is 32.7. The molecule has 0 aliphatic rings. The number of aryl methyl sites for hydroxylation is 1. The molecule has 0 bridgehead atoms. The number of nitrogens with zero attached hydrogens (tertiary/aromatic N) is 2. The average Bonchev–Trinajstić information content (AvgIpc) is 2.67. The van der Waals surface area contributed by atoms with E-state index in [1.54, 1.807) is 23.3 Å². The van der Waals surface area contributed by atoms with Gasteiger partial charge < -0.3 is 0 Å². The summed E-state index contributed by atoms with van der Waals surface area (Å²) >= 11 is 10.7. The molecular formula is C20H36N2OPS4+. The summed E-state index contributed by atoms with van der Waals surface area (Å²) in [7, 11) is 0. The second-order valence-corrected chi connectivity index (χ2v) is 15.5. The summed E-state index contributed by atoms with van der Waals surface area (Å²) in [4.78, 5) is 1.89. The van der Waals surface area contributed by atoms with Crippen molar-refractivity contribution in [3.8, 4) is 0 Å². The Kier molecular flexibility index (Phi) is 12.2. The maximum Gasteiger partial charge on any atom is 0.427 e. The molecule has 3 nitrogen and oxygen atoms in total. The van der Waals surface area contributed by atoms with E-state index < -0.39 is 6.65 Å². The molecule has 0 fully saturated rings. The molecule has 0 spiro atoms. The first kappa shape index (κ1) is 26.4. The van der Waals surface area contributed by atoms with Gasteiger partial charge in [0.05, 0.1) is 21.8 Å². The largest absolute Gasteiger partial charge is 0.427 e. The van der Waals surface area contributed by atoms with Crippen LogP contribution in [0.2, 0.25) is 0 Å². The normalized spacial score (nSPS) is 15.6. The minimum absolute atomic E-state index is 0.445. The smallest absolute Gasteiger partial charge is 0.263 e. The van der Waals surface area contributed by atoms with Gasteiger partial charge in [0.1, 0.15) is 18.5 Å². The molecule has 8 heteroatoms. The molecule has 0 aromatic heterocycles. The summed E-state index contributed by atoms with van der Waals surface area (Å²) in [6.07, 6.45) is 3.23. The van der Waals surface area contributed by atoms with Crippen LogP contribution < -0.4 is 0 Å². The minimum atomic E-state index is -2.89. The Morgan fingerprint density at radius 2 is 1.75 bits per heavy atom. The predicted molar refractivity (Wildman–Crippen MR) is 136 cm³/mol. The molecule has 160 valence electrons. The number of benzene rings is 1. The second kappa shape index (κ2) is 12.9. The van der Waals surface area contributed by atoms with Crippen LogP contribution >= 0.6 is 54.1 Å². The van der Waals surface area contributed by atoms with Crippen molar-refractivity contribution in [3.05, 3.63) is 29.8 Å². The quantitative estimate of drug-likeness (QED) is 0.122. The van der Waals surface area contributed by atoms with Gasteiger partial charge in [-0.1, -0.05) is 50.2 Å². The van der Waals surface area contributed by atoms with Crippen LogP contribution in [-0.2, 0) is 4.57 Å². The van der Waals surface area contributed by atoms with Crippen molar-refractivity contribution >= 4 is 59.1 Å². The number of hydrogen-bond acceptors (Lipinski definition) is 5. The van der Waals surface area contributed by atoms with Crippen molar-refractivity contribution in [1.82, 2.24) is 4.67 Å². The van der Waals surface area contributed by atoms with E-state index in [1.807, 2.05) is 23.5 Å². The standard InChI is InChI=1S/C20H36N2OPS4/c1-7-11-17-27-24(23,21(9-3)19(6)25)22(10-4,26-16-8-2)28-20-14-12-18(5)13-15-20/h12-15H,7-11,16-17H2,1-6H3/q+1. The summed E-state index contributed by atoms with van der Waals surface area (Å²) in [5.41, 5.74) is 1.24. The van der Waals surface area contributed by atoms with E-state index in [1.165, 1.54) is 5.56 Å². The Balaban J connectivity index is 3.47. The van der Waals surface area contributed by atoms with Crippen molar-refractivity contribution in [2.24, 2.45) is 0 Å². The van der Waals surface area contributed by atoms with Gasteiger partial charge in [-0.15, -0.1) is 3.06 Å². The zero-order valence-corrected chi connectivity index (χ0v) is 22.3. The van der Waals surface area contributed by atoms with Gasteiger partial charge in [-0.2, -0.15) is 0 Å². The number of rotatable bonds is 13.